The average Bonchev–Trinajstić information content (AvgIpc) is 3.62. The molecule has 4 aromatic heterocycles. The fourth-order valence-corrected chi connectivity index (χ4v) is 6.80. The number of sulfonamides is 1. The summed E-state index contributed by atoms with van der Waals surface area (Å²) in [5, 5.41) is 1.09. The number of fused-ring (bicyclic) bond motifs is 6. The Morgan fingerprint density at radius 1 is 1.09 bits per heavy atom. The number of hydrogen-bond acceptors (Lipinski definition) is 6. The van der Waals surface area contributed by atoms with Gasteiger partial charge in [0, 0.05) is 59.9 Å². The van der Waals surface area contributed by atoms with Crippen LogP contribution in [-0.2, 0) is 23.0 Å². The van der Waals surface area contributed by atoms with Gasteiger partial charge in [0.25, 0.3) is 0 Å². The maximum absolute atomic E-state index is 14.8. The maximum atomic E-state index is 14.8. The van der Waals surface area contributed by atoms with Gasteiger partial charge >= 0.3 is 0 Å². The highest BCUT2D eigenvalue weighted by molar-refractivity contribution is 7.92. The van der Waals surface area contributed by atoms with Crippen molar-refractivity contribution in [1.82, 2.24) is 14.5 Å². The number of hydrogen-bond donors (Lipinski definition) is 0. The Kier molecular flexibility index (Phi) is 7.08. The minimum atomic E-state index is -3.69. The number of benzene rings is 2. The monoisotopic (exact) mass is 636 g/mol. The normalized spacial score (nSPS) is 12.9. The Balaban J connectivity index is 1.47. The van der Waals surface area contributed by atoms with Gasteiger partial charge in [0.2, 0.25) is 10.0 Å². The lowest BCUT2D eigenvalue weighted by atomic mass is 9.97. The number of nitrogens with zero attached hydrogens (tertiary/aromatic N) is 4. The van der Waals surface area contributed by atoms with E-state index < -0.39 is 10.0 Å². The van der Waals surface area contributed by atoms with Crippen molar-refractivity contribution >= 4 is 43.4 Å². The molecule has 0 fully saturated rings. The molecule has 5 heterocycles. The van der Waals surface area contributed by atoms with Gasteiger partial charge in [0.15, 0.2) is 5.78 Å². The zero-order valence-electron chi connectivity index (χ0n) is 26.3. The van der Waals surface area contributed by atoms with Gasteiger partial charge in [-0.05, 0) is 60.4 Å². The molecule has 0 spiro atoms. The molecule has 0 unspecified atom stereocenters. The van der Waals surface area contributed by atoms with Crippen LogP contribution in [0.1, 0.15) is 54.7 Å². The molecule has 0 N–H and O–H groups in total. The summed E-state index contributed by atoms with van der Waals surface area (Å²) in [6, 6.07) is 18.0. The number of ketones is 1. The van der Waals surface area contributed by atoms with Crippen molar-refractivity contribution in [2.45, 2.75) is 46.1 Å². The van der Waals surface area contributed by atoms with E-state index in [2.05, 4.69) is 23.4 Å². The first-order valence-electron chi connectivity index (χ1n) is 15.3. The lowest BCUT2D eigenvalue weighted by Gasteiger charge is -2.23. The molecular weight excluding hydrogens is 603 g/mol. The molecule has 1 aliphatic rings. The van der Waals surface area contributed by atoms with Gasteiger partial charge in [-0.2, -0.15) is 0 Å². The van der Waals surface area contributed by atoms with Crippen LogP contribution in [-0.4, -0.2) is 42.0 Å². The van der Waals surface area contributed by atoms with Crippen LogP contribution in [0.2, 0.25) is 0 Å². The molecule has 7 rings (SSSR count). The van der Waals surface area contributed by atoms with E-state index in [1.54, 1.807) is 31.3 Å². The quantitative estimate of drug-likeness (QED) is 0.165. The first kappa shape index (κ1) is 29.9. The van der Waals surface area contributed by atoms with E-state index in [1.807, 2.05) is 36.4 Å². The first-order valence-corrected chi connectivity index (χ1v) is 17.1. The van der Waals surface area contributed by atoms with Crippen LogP contribution in [0.4, 0.5) is 10.1 Å². The lowest BCUT2D eigenvalue weighted by Crippen LogP contribution is -2.25. The number of Topliss-reactive ketones (excluding diaryl/α,β-unsaturated/α-hetero) is 1. The number of aryl methyl sites for hydroxylation is 2. The molecule has 0 bridgehead atoms. The standard InChI is InChI=1S/C36H33FN4O4S/c1-6-32(42)34-25-16-24(28-13-10-21-14-15-41-29-9-7-8-26(37)23(29)17-31(41)35(21)39-28)30(40(4)46(5,43)44)18-33(25)45-36(34)22-11-12-27(20(2)3)38-19-22/h7-13,16-20H,6,14-15H2,1-5H3. The average molecular weight is 637 g/mol. The summed E-state index contributed by atoms with van der Waals surface area (Å²) in [7, 11) is -2.21. The first-order chi connectivity index (χ1) is 22.0. The fourth-order valence-electron chi connectivity index (χ4n) is 6.29. The second-order valence-corrected chi connectivity index (χ2v) is 14.1. The van der Waals surface area contributed by atoms with Gasteiger partial charge in [0.1, 0.15) is 17.2 Å². The molecule has 0 aliphatic carbocycles. The third-order valence-electron chi connectivity index (χ3n) is 8.88. The molecular formula is C36H33FN4O4S. The molecule has 234 valence electrons. The number of rotatable bonds is 7. The van der Waals surface area contributed by atoms with E-state index in [0.29, 0.717) is 62.4 Å². The van der Waals surface area contributed by atoms with Crippen LogP contribution < -0.4 is 4.31 Å². The second kappa shape index (κ2) is 10.9. The number of furan rings is 1. The minimum Gasteiger partial charge on any atom is -0.455 e. The van der Waals surface area contributed by atoms with Crippen molar-refractivity contribution in [3.63, 3.8) is 0 Å². The number of halogens is 1. The van der Waals surface area contributed by atoms with E-state index in [9.17, 15) is 17.6 Å². The molecule has 1 aliphatic heterocycles. The Hall–Kier alpha value is -4.83. The van der Waals surface area contributed by atoms with Crippen molar-refractivity contribution in [3.05, 3.63) is 89.5 Å². The number of anilines is 1. The zero-order valence-corrected chi connectivity index (χ0v) is 27.1. The molecule has 2 aromatic carbocycles. The molecule has 10 heteroatoms. The highest BCUT2D eigenvalue weighted by Crippen LogP contribution is 2.43. The molecule has 0 saturated heterocycles. The van der Waals surface area contributed by atoms with Gasteiger partial charge in [-0.3, -0.25) is 14.1 Å². The van der Waals surface area contributed by atoms with E-state index >= 15 is 0 Å². The van der Waals surface area contributed by atoms with E-state index in [0.717, 1.165) is 35.1 Å². The number of carbonyl (C=O) groups is 1. The molecule has 8 nitrogen and oxygen atoms in total. The van der Waals surface area contributed by atoms with Crippen LogP contribution in [0.15, 0.2) is 71.3 Å². The smallest absolute Gasteiger partial charge is 0.232 e. The summed E-state index contributed by atoms with van der Waals surface area (Å²) in [5.74, 6) is 0.224. The second-order valence-electron chi connectivity index (χ2n) is 12.1. The van der Waals surface area contributed by atoms with Gasteiger partial charge in [-0.25, -0.2) is 17.8 Å². The van der Waals surface area contributed by atoms with Crippen LogP contribution >= 0.6 is 0 Å². The van der Waals surface area contributed by atoms with Gasteiger partial charge in [0.05, 0.1) is 40.1 Å². The third kappa shape index (κ3) is 4.79. The summed E-state index contributed by atoms with van der Waals surface area (Å²) in [6.45, 7) is 6.61. The van der Waals surface area contributed by atoms with Gasteiger partial charge < -0.3 is 8.98 Å². The van der Waals surface area contributed by atoms with Crippen molar-refractivity contribution in [2.75, 3.05) is 17.6 Å². The van der Waals surface area contributed by atoms with E-state index in [-0.39, 0.29) is 23.9 Å². The maximum Gasteiger partial charge on any atom is 0.232 e. The Labute approximate surface area is 266 Å². The highest BCUT2D eigenvalue weighted by atomic mass is 32.2. The van der Waals surface area contributed by atoms with E-state index in [1.165, 1.54) is 17.4 Å². The lowest BCUT2D eigenvalue weighted by molar-refractivity contribution is 0.0989. The molecule has 0 atom stereocenters. The molecule has 0 amide bonds. The summed E-state index contributed by atoms with van der Waals surface area (Å²) in [5.41, 5.74) is 7.09. The van der Waals surface area contributed by atoms with Crippen LogP contribution in [0, 0.1) is 5.82 Å². The van der Waals surface area contributed by atoms with Crippen LogP contribution in [0.25, 0.3) is 55.8 Å². The topological polar surface area (TPSA) is 98.3 Å². The summed E-state index contributed by atoms with van der Waals surface area (Å²) in [4.78, 5) is 23.1. The van der Waals surface area contributed by atoms with Crippen molar-refractivity contribution in [1.29, 1.82) is 0 Å². The third-order valence-corrected chi connectivity index (χ3v) is 10.1. The number of pyridine rings is 2. The summed E-state index contributed by atoms with van der Waals surface area (Å²) in [6.07, 6.45) is 3.80. The number of carbonyl (C=O) groups excluding carboxylic acids is 1. The Morgan fingerprint density at radius 3 is 2.59 bits per heavy atom. The summed E-state index contributed by atoms with van der Waals surface area (Å²) < 4.78 is 50.2. The Bertz CT molecular complexity index is 2300. The van der Waals surface area contributed by atoms with Crippen molar-refractivity contribution < 1.29 is 22.0 Å². The summed E-state index contributed by atoms with van der Waals surface area (Å²) >= 11 is 0. The molecule has 46 heavy (non-hydrogen) atoms. The van der Waals surface area contributed by atoms with Gasteiger partial charge in [-0.15, -0.1) is 0 Å². The Morgan fingerprint density at radius 2 is 1.89 bits per heavy atom. The molecule has 0 radical (unpaired) electrons. The minimum absolute atomic E-state index is 0.109. The SMILES string of the molecule is CCC(=O)c1c(-c2ccc(C(C)C)nc2)oc2cc(N(C)S(C)(=O)=O)c(-c3ccc4c(n3)-c3cc5c(F)cccc5n3CC4)cc12. The highest BCUT2D eigenvalue weighted by Gasteiger charge is 2.28. The molecule has 0 saturated carbocycles. The zero-order chi connectivity index (χ0) is 32.5. The predicted octanol–water partition coefficient (Wildman–Crippen LogP) is 7.99. The predicted molar refractivity (Wildman–Crippen MR) is 179 cm³/mol. The van der Waals surface area contributed by atoms with Crippen LogP contribution in [0.5, 0.6) is 0 Å². The number of aromatic nitrogens is 3. The van der Waals surface area contributed by atoms with Crippen LogP contribution in [0.3, 0.4) is 0 Å². The van der Waals surface area contributed by atoms with Crippen molar-refractivity contribution in [2.24, 2.45) is 0 Å². The van der Waals surface area contributed by atoms with Crippen molar-refractivity contribution in [3.8, 4) is 34.0 Å². The fraction of sp³-hybridized carbons (Fsp3) is 0.250. The largest absolute Gasteiger partial charge is 0.455 e. The van der Waals surface area contributed by atoms with E-state index in [4.69, 9.17) is 9.40 Å². The van der Waals surface area contributed by atoms with Gasteiger partial charge in [-0.1, -0.05) is 32.9 Å². The molecule has 6 aromatic rings.